The summed E-state index contributed by atoms with van der Waals surface area (Å²) in [6, 6.07) is 0.0304. The van der Waals surface area contributed by atoms with Crippen LogP contribution in [0.15, 0.2) is 0 Å². The van der Waals surface area contributed by atoms with Crippen LogP contribution in [0.3, 0.4) is 0 Å². The van der Waals surface area contributed by atoms with E-state index >= 15 is 0 Å². The van der Waals surface area contributed by atoms with Crippen molar-refractivity contribution in [2.75, 3.05) is 0 Å². The fourth-order valence-corrected chi connectivity index (χ4v) is 2.87. The average Bonchev–Trinajstić information content (AvgIpc) is 2.58. The number of hydrogen-bond acceptors (Lipinski definition) is 3. The van der Waals surface area contributed by atoms with E-state index in [9.17, 15) is 9.59 Å². The van der Waals surface area contributed by atoms with Crippen LogP contribution in [0.4, 0.5) is 0 Å². The minimum atomic E-state index is -0.872. The lowest BCUT2D eigenvalue weighted by Crippen LogP contribution is -2.49. The molecule has 2 rings (SSSR count). The molecule has 3 N–H and O–H groups in total. The highest BCUT2D eigenvalue weighted by atomic mass is 16.4. The molecular formula is C12H19NO4. The first-order chi connectivity index (χ1) is 7.97. The van der Waals surface area contributed by atoms with Crippen molar-refractivity contribution >= 4 is 11.9 Å². The molecule has 0 bridgehead atoms. The van der Waals surface area contributed by atoms with Gasteiger partial charge in [0.25, 0.3) is 0 Å². The average molecular weight is 241 g/mol. The van der Waals surface area contributed by atoms with Crippen molar-refractivity contribution in [3.63, 3.8) is 0 Å². The summed E-state index contributed by atoms with van der Waals surface area (Å²) >= 11 is 0. The summed E-state index contributed by atoms with van der Waals surface area (Å²) in [4.78, 5) is 23.0. The molecule has 2 fully saturated rings. The van der Waals surface area contributed by atoms with Crippen LogP contribution < -0.4 is 5.32 Å². The van der Waals surface area contributed by atoms with Crippen LogP contribution >= 0.6 is 0 Å². The Morgan fingerprint density at radius 2 is 1.71 bits per heavy atom. The molecule has 0 spiro atoms. The molecule has 0 heterocycles. The van der Waals surface area contributed by atoms with Crippen molar-refractivity contribution < 1.29 is 19.8 Å². The van der Waals surface area contributed by atoms with E-state index in [2.05, 4.69) is 5.32 Å². The largest absolute Gasteiger partial charge is 0.481 e. The molecular weight excluding hydrogens is 222 g/mol. The number of rotatable bonds is 3. The predicted molar refractivity (Wildman–Crippen MR) is 60.2 cm³/mol. The van der Waals surface area contributed by atoms with E-state index in [0.29, 0.717) is 31.6 Å². The Morgan fingerprint density at radius 3 is 2.24 bits per heavy atom. The summed E-state index contributed by atoms with van der Waals surface area (Å²) in [5.41, 5.74) is 0. The van der Waals surface area contributed by atoms with Gasteiger partial charge in [-0.25, -0.2) is 0 Å². The molecule has 0 aliphatic heterocycles. The fraction of sp³-hybridized carbons (Fsp3) is 0.833. The molecule has 3 atom stereocenters. The van der Waals surface area contributed by atoms with Crippen LogP contribution in [0.5, 0.6) is 0 Å². The van der Waals surface area contributed by atoms with Gasteiger partial charge in [0.1, 0.15) is 0 Å². The highest BCUT2D eigenvalue weighted by Crippen LogP contribution is 2.37. The first-order valence-electron chi connectivity index (χ1n) is 6.18. The number of aliphatic hydroxyl groups excluding tert-OH is 1. The van der Waals surface area contributed by atoms with Crippen LogP contribution in [-0.2, 0) is 9.59 Å². The number of hydrogen-bond donors (Lipinski definition) is 3. The van der Waals surface area contributed by atoms with Gasteiger partial charge < -0.3 is 15.5 Å². The first kappa shape index (κ1) is 12.4. The van der Waals surface area contributed by atoms with Gasteiger partial charge in [0.2, 0.25) is 5.91 Å². The number of carboxylic acids is 1. The Balaban J connectivity index is 1.91. The molecule has 0 saturated heterocycles. The van der Waals surface area contributed by atoms with Gasteiger partial charge in [0.05, 0.1) is 17.9 Å². The van der Waals surface area contributed by atoms with E-state index in [0.717, 1.165) is 0 Å². The van der Waals surface area contributed by atoms with Gasteiger partial charge in [-0.1, -0.05) is 6.92 Å². The van der Waals surface area contributed by atoms with Crippen molar-refractivity contribution in [1.29, 1.82) is 0 Å². The molecule has 1 unspecified atom stereocenters. The van der Waals surface area contributed by atoms with Crippen LogP contribution in [-0.4, -0.2) is 34.2 Å². The van der Waals surface area contributed by atoms with Gasteiger partial charge in [-0.2, -0.15) is 0 Å². The summed E-state index contributed by atoms with van der Waals surface area (Å²) in [7, 11) is 0. The number of aliphatic carboxylic acids is 1. The minimum absolute atomic E-state index is 0.0304. The quantitative estimate of drug-likeness (QED) is 0.666. The highest BCUT2D eigenvalue weighted by Gasteiger charge is 2.42. The number of aliphatic hydroxyl groups is 1. The number of amides is 1. The van der Waals surface area contributed by atoms with E-state index in [4.69, 9.17) is 10.2 Å². The van der Waals surface area contributed by atoms with Crippen molar-refractivity contribution in [3.8, 4) is 0 Å². The Bertz CT molecular complexity index is 324. The summed E-state index contributed by atoms with van der Waals surface area (Å²) < 4.78 is 0. The highest BCUT2D eigenvalue weighted by molar-refractivity contribution is 5.85. The van der Waals surface area contributed by atoms with Crippen LogP contribution in [0.25, 0.3) is 0 Å². The number of carbonyl (C=O) groups is 2. The van der Waals surface area contributed by atoms with Crippen molar-refractivity contribution in [2.24, 2.45) is 17.8 Å². The number of carbonyl (C=O) groups excluding carboxylic acids is 1. The second-order valence-electron chi connectivity index (χ2n) is 5.46. The van der Waals surface area contributed by atoms with E-state index in [1.165, 1.54) is 0 Å². The third-order valence-electron chi connectivity index (χ3n) is 3.91. The maximum Gasteiger partial charge on any atom is 0.307 e. The van der Waals surface area contributed by atoms with Crippen molar-refractivity contribution in [3.05, 3.63) is 0 Å². The maximum atomic E-state index is 12.0. The van der Waals surface area contributed by atoms with Crippen LogP contribution in [0.2, 0.25) is 0 Å². The normalized spacial score (nSPS) is 40.7. The Kier molecular flexibility index (Phi) is 3.38. The number of carboxylic acid groups (broad SMARTS) is 1. The third kappa shape index (κ3) is 2.60. The summed E-state index contributed by atoms with van der Waals surface area (Å²) in [5.74, 6) is -1.68. The maximum absolute atomic E-state index is 12.0. The smallest absolute Gasteiger partial charge is 0.307 e. The third-order valence-corrected chi connectivity index (χ3v) is 3.91. The molecule has 5 heteroatoms. The summed E-state index contributed by atoms with van der Waals surface area (Å²) in [6.07, 6.45) is 2.11. The molecule has 2 aliphatic rings. The molecule has 0 aromatic rings. The van der Waals surface area contributed by atoms with Crippen LogP contribution in [0, 0.1) is 17.8 Å². The van der Waals surface area contributed by atoms with Gasteiger partial charge in [0.15, 0.2) is 0 Å². The zero-order valence-electron chi connectivity index (χ0n) is 9.93. The predicted octanol–water partition coefficient (Wildman–Crippen LogP) is 0.373. The number of nitrogens with one attached hydrogen (secondary N) is 1. The fourth-order valence-electron chi connectivity index (χ4n) is 2.87. The van der Waals surface area contributed by atoms with E-state index in [-0.39, 0.29) is 18.1 Å². The van der Waals surface area contributed by atoms with Gasteiger partial charge >= 0.3 is 5.97 Å². The lowest BCUT2D eigenvalue weighted by Gasteiger charge is -2.33. The molecule has 1 amide bonds. The van der Waals surface area contributed by atoms with Crippen molar-refractivity contribution in [2.45, 2.75) is 44.8 Å². The molecule has 0 aromatic carbocycles. The lowest BCUT2D eigenvalue weighted by molar-refractivity contribution is -0.146. The standard InChI is InChI=1S/C12H19NO4/c1-6-2-9(10(3-6)12(16)17)11(15)13-7-4-8(14)5-7/h6-10,14H,2-5H2,1H3,(H,13,15)(H,16,17)/t6?,7?,8?,9-,10+/m0/s1. The minimum Gasteiger partial charge on any atom is -0.481 e. The first-order valence-corrected chi connectivity index (χ1v) is 6.18. The Labute approximate surface area is 100 Å². The zero-order valence-corrected chi connectivity index (χ0v) is 9.93. The van der Waals surface area contributed by atoms with Gasteiger partial charge in [0, 0.05) is 6.04 Å². The SMILES string of the molecule is CC1C[C@H](C(=O)NC2CC(O)C2)[C@H](C(=O)O)C1. The van der Waals surface area contributed by atoms with Gasteiger partial charge in [-0.15, -0.1) is 0 Å². The zero-order chi connectivity index (χ0) is 12.6. The van der Waals surface area contributed by atoms with Gasteiger partial charge in [-0.3, -0.25) is 9.59 Å². The molecule has 5 nitrogen and oxygen atoms in total. The monoisotopic (exact) mass is 241 g/mol. The molecule has 0 radical (unpaired) electrons. The lowest BCUT2D eigenvalue weighted by atomic mass is 9.88. The topological polar surface area (TPSA) is 86.6 Å². The van der Waals surface area contributed by atoms with E-state index in [1.54, 1.807) is 0 Å². The molecule has 2 aliphatic carbocycles. The molecule has 17 heavy (non-hydrogen) atoms. The van der Waals surface area contributed by atoms with Crippen LogP contribution in [0.1, 0.15) is 32.6 Å². The Hall–Kier alpha value is -1.10. The van der Waals surface area contributed by atoms with Gasteiger partial charge in [-0.05, 0) is 31.6 Å². The molecule has 2 saturated carbocycles. The molecule has 0 aromatic heterocycles. The second kappa shape index (κ2) is 4.64. The van der Waals surface area contributed by atoms with Crippen molar-refractivity contribution in [1.82, 2.24) is 5.32 Å². The molecule has 96 valence electrons. The summed E-state index contributed by atoms with van der Waals surface area (Å²) in [6.45, 7) is 1.98. The second-order valence-corrected chi connectivity index (χ2v) is 5.46. The summed E-state index contributed by atoms with van der Waals surface area (Å²) in [5, 5.41) is 21.0. The van der Waals surface area contributed by atoms with E-state index < -0.39 is 17.8 Å². The Morgan fingerprint density at radius 1 is 1.12 bits per heavy atom. The van der Waals surface area contributed by atoms with E-state index in [1.807, 2.05) is 6.92 Å².